The monoisotopic (exact) mass is 582 g/mol. The number of esters is 1. The number of nitrogens with one attached hydrogen (secondary N) is 4. The summed E-state index contributed by atoms with van der Waals surface area (Å²) in [5.74, 6) is 0.291. The van der Waals surface area contributed by atoms with Gasteiger partial charge in [0.1, 0.15) is 12.4 Å². The molecule has 0 spiro atoms. The van der Waals surface area contributed by atoms with E-state index < -0.39 is 0 Å². The molecule has 1 fully saturated rings. The van der Waals surface area contributed by atoms with Crippen LogP contribution < -0.4 is 20.7 Å². The van der Waals surface area contributed by atoms with Crippen molar-refractivity contribution < 1.29 is 28.5 Å². The van der Waals surface area contributed by atoms with Crippen molar-refractivity contribution in [3.63, 3.8) is 0 Å². The van der Waals surface area contributed by atoms with Gasteiger partial charge in [-0.1, -0.05) is 18.2 Å². The number of rotatable bonds is 19. The largest absolute Gasteiger partial charge is 0.494 e. The number of ether oxygens (including phenoxy) is 4. The number of benzene rings is 2. The number of unbranched alkanes of at least 4 members (excludes halogenated alkanes) is 2. The predicted molar refractivity (Wildman–Crippen MR) is 164 cm³/mol. The van der Waals surface area contributed by atoms with E-state index >= 15 is 0 Å². The normalized spacial score (nSPS) is 14.9. The van der Waals surface area contributed by atoms with E-state index in [4.69, 9.17) is 19.6 Å². The fourth-order valence-electron chi connectivity index (χ4n) is 4.67. The van der Waals surface area contributed by atoms with E-state index in [-0.39, 0.29) is 30.1 Å². The van der Waals surface area contributed by atoms with Gasteiger partial charge < -0.3 is 40.3 Å². The molecule has 0 bridgehead atoms. The van der Waals surface area contributed by atoms with E-state index in [1.807, 2.05) is 49.4 Å². The summed E-state index contributed by atoms with van der Waals surface area (Å²) in [4.78, 5) is 23.9. The van der Waals surface area contributed by atoms with Crippen LogP contribution in [0.1, 0.15) is 67.4 Å². The Hall–Kier alpha value is -3.47. The SMILES string of the molecule is COC(=O)COCCCOCCCCCOc1ccc([C@H](C)NC(=O)c2cccc(NC3(C=N)CCNCC3)c2)cc1. The molecule has 1 atom stereocenters. The minimum Gasteiger partial charge on any atom is -0.494 e. The Labute approximate surface area is 249 Å². The van der Waals surface area contributed by atoms with Crippen molar-refractivity contribution in [3.8, 4) is 5.75 Å². The first-order valence-electron chi connectivity index (χ1n) is 14.8. The second-order valence-corrected chi connectivity index (χ2v) is 10.5. The number of carbonyl (C=O) groups is 2. The molecule has 1 amide bonds. The number of hydrogen-bond acceptors (Lipinski definition) is 9. The van der Waals surface area contributed by atoms with Gasteiger partial charge in [-0.15, -0.1) is 0 Å². The molecule has 1 heterocycles. The molecule has 0 aliphatic carbocycles. The molecule has 3 rings (SSSR count). The minimum atomic E-state index is -0.378. The molecule has 0 radical (unpaired) electrons. The van der Waals surface area contributed by atoms with E-state index in [2.05, 4.69) is 20.7 Å². The highest BCUT2D eigenvalue weighted by Crippen LogP contribution is 2.24. The van der Waals surface area contributed by atoms with Crippen LogP contribution in [-0.4, -0.2) is 76.9 Å². The van der Waals surface area contributed by atoms with Gasteiger partial charge in [0.15, 0.2) is 0 Å². The summed E-state index contributed by atoms with van der Waals surface area (Å²) in [5.41, 5.74) is 2.04. The van der Waals surface area contributed by atoms with Crippen LogP contribution in [0.2, 0.25) is 0 Å². The molecule has 10 heteroatoms. The Morgan fingerprint density at radius 1 is 0.976 bits per heavy atom. The smallest absolute Gasteiger partial charge is 0.331 e. The van der Waals surface area contributed by atoms with Crippen molar-refractivity contribution in [3.05, 3.63) is 59.7 Å². The maximum atomic E-state index is 13.0. The number of methoxy groups -OCH3 is 1. The number of piperidine rings is 1. The van der Waals surface area contributed by atoms with Gasteiger partial charge in [-0.25, -0.2) is 4.79 Å². The topological polar surface area (TPSA) is 131 Å². The first kappa shape index (κ1) is 33.0. The number of anilines is 1. The van der Waals surface area contributed by atoms with Gasteiger partial charge in [0.05, 0.1) is 25.3 Å². The molecule has 10 nitrogen and oxygen atoms in total. The van der Waals surface area contributed by atoms with Crippen molar-refractivity contribution >= 4 is 23.8 Å². The quantitative estimate of drug-likeness (QED) is 0.108. The maximum absolute atomic E-state index is 13.0. The summed E-state index contributed by atoms with van der Waals surface area (Å²) >= 11 is 0. The number of carbonyl (C=O) groups excluding carboxylic acids is 2. The molecule has 0 saturated carbocycles. The molecular weight excluding hydrogens is 536 g/mol. The van der Waals surface area contributed by atoms with E-state index in [0.717, 1.165) is 68.6 Å². The highest BCUT2D eigenvalue weighted by molar-refractivity contribution is 5.95. The van der Waals surface area contributed by atoms with Crippen molar-refractivity contribution in [2.45, 2.75) is 57.0 Å². The van der Waals surface area contributed by atoms with Gasteiger partial charge in [-0.3, -0.25) is 4.79 Å². The Morgan fingerprint density at radius 3 is 2.43 bits per heavy atom. The van der Waals surface area contributed by atoms with E-state index in [1.54, 1.807) is 6.07 Å². The summed E-state index contributed by atoms with van der Waals surface area (Å²) in [5, 5.41) is 17.8. The molecule has 230 valence electrons. The average Bonchev–Trinajstić information content (AvgIpc) is 3.02. The molecule has 2 aromatic carbocycles. The maximum Gasteiger partial charge on any atom is 0.331 e. The van der Waals surface area contributed by atoms with Crippen molar-refractivity contribution in [2.75, 3.05) is 58.6 Å². The van der Waals surface area contributed by atoms with Gasteiger partial charge in [-0.2, -0.15) is 0 Å². The second kappa shape index (κ2) is 18.1. The Bertz CT molecular complexity index is 1100. The molecule has 1 aliphatic rings. The van der Waals surface area contributed by atoms with E-state index in [0.29, 0.717) is 32.0 Å². The molecule has 42 heavy (non-hydrogen) atoms. The lowest BCUT2D eigenvalue weighted by Gasteiger charge is -2.35. The van der Waals surface area contributed by atoms with Gasteiger partial charge in [0.25, 0.3) is 5.91 Å². The van der Waals surface area contributed by atoms with Crippen LogP contribution >= 0.6 is 0 Å². The van der Waals surface area contributed by atoms with E-state index in [1.165, 1.54) is 13.3 Å². The summed E-state index contributed by atoms with van der Waals surface area (Å²) in [6.45, 7) is 6.08. The molecule has 0 aromatic heterocycles. The third-order valence-corrected chi connectivity index (χ3v) is 7.24. The van der Waals surface area contributed by atoms with Crippen molar-refractivity contribution in [1.29, 1.82) is 5.41 Å². The first-order valence-corrected chi connectivity index (χ1v) is 14.8. The zero-order chi connectivity index (χ0) is 30.0. The van der Waals surface area contributed by atoms with Gasteiger partial charge >= 0.3 is 5.97 Å². The second-order valence-electron chi connectivity index (χ2n) is 10.5. The average molecular weight is 583 g/mol. The summed E-state index contributed by atoms with van der Waals surface area (Å²) in [6.07, 6.45) is 6.80. The van der Waals surface area contributed by atoms with Gasteiger partial charge in [0, 0.05) is 37.3 Å². The highest BCUT2D eigenvalue weighted by Gasteiger charge is 2.29. The summed E-state index contributed by atoms with van der Waals surface area (Å²) < 4.78 is 21.1. The molecular formula is C32H46N4O6. The van der Waals surface area contributed by atoms with Gasteiger partial charge in [0.2, 0.25) is 0 Å². The first-order chi connectivity index (χ1) is 20.4. The minimum absolute atomic E-state index is 0.0190. The predicted octanol–water partition coefficient (Wildman–Crippen LogP) is 4.51. The summed E-state index contributed by atoms with van der Waals surface area (Å²) in [6, 6.07) is 15.1. The lowest BCUT2D eigenvalue weighted by Crippen LogP contribution is -2.48. The van der Waals surface area contributed by atoms with Gasteiger partial charge in [-0.05, 0) is 94.4 Å². The zero-order valence-electron chi connectivity index (χ0n) is 24.9. The molecule has 4 N–H and O–H groups in total. The fraction of sp³-hybridized carbons (Fsp3) is 0.531. The van der Waals surface area contributed by atoms with Crippen LogP contribution in [0.4, 0.5) is 5.69 Å². The van der Waals surface area contributed by atoms with Crippen molar-refractivity contribution in [1.82, 2.24) is 10.6 Å². The lowest BCUT2D eigenvalue weighted by molar-refractivity contribution is -0.146. The van der Waals surface area contributed by atoms with E-state index in [9.17, 15) is 9.59 Å². The molecule has 1 aliphatic heterocycles. The van der Waals surface area contributed by atoms with Crippen molar-refractivity contribution in [2.24, 2.45) is 0 Å². The third kappa shape index (κ3) is 11.4. The zero-order valence-corrected chi connectivity index (χ0v) is 24.9. The molecule has 1 saturated heterocycles. The van der Waals surface area contributed by atoms with Crippen LogP contribution in [0.3, 0.4) is 0 Å². The standard InChI is InChI=1S/C32H46N4O6/c1-25(35-31(38)27-8-6-9-28(22-27)36-32(24-33)14-16-34-17-15-32)26-10-12-29(13-11-26)42-21-5-3-4-18-40-19-7-20-41-23-30(37)39-2/h6,8-13,22,24-25,33-34,36H,3-5,7,14-21,23H2,1-2H3,(H,35,38)/t25-/m0/s1. The highest BCUT2D eigenvalue weighted by atomic mass is 16.6. The molecule has 0 unspecified atom stereocenters. The Kier molecular flexibility index (Phi) is 14.3. The van der Waals surface area contributed by atoms with Crippen LogP contribution in [0.5, 0.6) is 5.75 Å². The number of amides is 1. The molecule has 2 aromatic rings. The fourth-order valence-corrected chi connectivity index (χ4v) is 4.67. The summed E-state index contributed by atoms with van der Waals surface area (Å²) in [7, 11) is 1.34. The third-order valence-electron chi connectivity index (χ3n) is 7.24. The van der Waals surface area contributed by atoms with Crippen LogP contribution in [0.25, 0.3) is 0 Å². The lowest BCUT2D eigenvalue weighted by atomic mass is 9.89. The number of hydrogen-bond donors (Lipinski definition) is 4. The van der Waals surface area contributed by atoms with Crippen LogP contribution in [0.15, 0.2) is 48.5 Å². The van der Waals surface area contributed by atoms with Crippen LogP contribution in [-0.2, 0) is 19.0 Å². The Morgan fingerprint density at radius 2 is 1.69 bits per heavy atom. The van der Waals surface area contributed by atoms with Crippen LogP contribution in [0, 0.1) is 5.41 Å². The Balaban J connectivity index is 1.31.